The molecular formula is C20H21N3O5. The quantitative estimate of drug-likeness (QED) is 0.341. The molecule has 1 N–H and O–H groups in total. The van der Waals surface area contributed by atoms with E-state index in [0.29, 0.717) is 23.4 Å². The molecule has 28 heavy (non-hydrogen) atoms. The van der Waals surface area contributed by atoms with E-state index in [0.717, 1.165) is 5.56 Å². The molecule has 0 bridgehead atoms. The Labute approximate surface area is 162 Å². The third-order valence-electron chi connectivity index (χ3n) is 3.92. The van der Waals surface area contributed by atoms with Gasteiger partial charge in [0.1, 0.15) is 5.69 Å². The summed E-state index contributed by atoms with van der Waals surface area (Å²) in [6, 6.07) is 11.6. The SMILES string of the molecule is COC(=O)/C=C/c1ccc(NCc2ccc(C(=O)N(C)C)cc2)c([N+](=O)[O-])c1. The fraction of sp³-hybridized carbons (Fsp3) is 0.200. The Kier molecular flexibility index (Phi) is 6.86. The fourth-order valence-electron chi connectivity index (χ4n) is 2.41. The van der Waals surface area contributed by atoms with Crippen molar-refractivity contribution in [3.8, 4) is 0 Å². The number of nitrogens with one attached hydrogen (secondary N) is 1. The van der Waals surface area contributed by atoms with Crippen LogP contribution in [0.1, 0.15) is 21.5 Å². The molecule has 1 amide bonds. The predicted octanol–water partition coefficient (Wildman–Crippen LogP) is 3.09. The molecule has 0 aliphatic rings. The van der Waals surface area contributed by atoms with Gasteiger partial charge in [0.2, 0.25) is 0 Å². The van der Waals surface area contributed by atoms with Crippen molar-refractivity contribution in [3.05, 3.63) is 75.3 Å². The van der Waals surface area contributed by atoms with Gasteiger partial charge in [0.25, 0.3) is 11.6 Å². The normalized spacial score (nSPS) is 10.5. The Balaban J connectivity index is 2.13. The highest BCUT2D eigenvalue weighted by atomic mass is 16.6. The number of hydrogen-bond donors (Lipinski definition) is 1. The molecule has 146 valence electrons. The van der Waals surface area contributed by atoms with E-state index >= 15 is 0 Å². The number of anilines is 1. The average molecular weight is 383 g/mol. The number of carbonyl (C=O) groups excluding carboxylic acids is 2. The van der Waals surface area contributed by atoms with Crippen LogP contribution in [0.4, 0.5) is 11.4 Å². The van der Waals surface area contributed by atoms with E-state index in [-0.39, 0.29) is 11.6 Å². The summed E-state index contributed by atoms with van der Waals surface area (Å²) in [5, 5.41) is 14.4. The van der Waals surface area contributed by atoms with Crippen molar-refractivity contribution in [2.24, 2.45) is 0 Å². The monoisotopic (exact) mass is 383 g/mol. The molecule has 0 aliphatic heterocycles. The van der Waals surface area contributed by atoms with Crippen LogP contribution in [-0.2, 0) is 16.1 Å². The molecule has 0 aliphatic carbocycles. The fourth-order valence-corrected chi connectivity index (χ4v) is 2.41. The topological polar surface area (TPSA) is 102 Å². The summed E-state index contributed by atoms with van der Waals surface area (Å²) in [7, 11) is 4.62. The molecule has 0 aromatic heterocycles. The second-order valence-electron chi connectivity index (χ2n) is 6.14. The summed E-state index contributed by atoms with van der Waals surface area (Å²) in [4.78, 5) is 35.4. The second-order valence-corrected chi connectivity index (χ2v) is 6.14. The highest BCUT2D eigenvalue weighted by Crippen LogP contribution is 2.26. The number of ether oxygens (including phenoxy) is 1. The first-order chi connectivity index (χ1) is 13.3. The summed E-state index contributed by atoms with van der Waals surface area (Å²) >= 11 is 0. The van der Waals surface area contributed by atoms with Gasteiger partial charge in [-0.1, -0.05) is 18.2 Å². The van der Waals surface area contributed by atoms with Crippen molar-refractivity contribution in [3.63, 3.8) is 0 Å². The molecule has 0 heterocycles. The Morgan fingerprint density at radius 2 is 1.86 bits per heavy atom. The van der Waals surface area contributed by atoms with Crippen LogP contribution in [0.25, 0.3) is 6.08 Å². The molecule has 0 atom stereocenters. The van der Waals surface area contributed by atoms with Crippen molar-refractivity contribution in [1.29, 1.82) is 0 Å². The van der Waals surface area contributed by atoms with Gasteiger partial charge >= 0.3 is 5.97 Å². The van der Waals surface area contributed by atoms with Gasteiger partial charge in [-0.05, 0) is 35.4 Å². The number of esters is 1. The summed E-state index contributed by atoms with van der Waals surface area (Å²) < 4.78 is 4.50. The minimum atomic E-state index is -0.541. The molecule has 0 saturated heterocycles. The first-order valence-electron chi connectivity index (χ1n) is 8.40. The van der Waals surface area contributed by atoms with Gasteiger partial charge in [0, 0.05) is 38.3 Å². The lowest BCUT2D eigenvalue weighted by Crippen LogP contribution is -2.21. The molecule has 0 unspecified atom stereocenters. The molecule has 0 fully saturated rings. The summed E-state index contributed by atoms with van der Waals surface area (Å²) in [6.45, 7) is 0.356. The van der Waals surface area contributed by atoms with Gasteiger partial charge in [-0.15, -0.1) is 0 Å². The van der Waals surface area contributed by atoms with Gasteiger partial charge in [0.05, 0.1) is 12.0 Å². The van der Waals surface area contributed by atoms with Gasteiger partial charge in [-0.3, -0.25) is 14.9 Å². The molecule has 0 saturated carbocycles. The van der Waals surface area contributed by atoms with Gasteiger partial charge in [-0.25, -0.2) is 4.79 Å². The van der Waals surface area contributed by atoms with E-state index in [2.05, 4.69) is 10.1 Å². The predicted molar refractivity (Wildman–Crippen MR) is 106 cm³/mol. The van der Waals surface area contributed by atoms with E-state index < -0.39 is 10.9 Å². The van der Waals surface area contributed by atoms with Crippen LogP contribution < -0.4 is 5.32 Å². The lowest BCUT2D eigenvalue weighted by molar-refractivity contribution is -0.384. The smallest absolute Gasteiger partial charge is 0.330 e. The Hall–Kier alpha value is -3.68. The average Bonchev–Trinajstić information content (AvgIpc) is 2.70. The summed E-state index contributed by atoms with van der Waals surface area (Å²) in [5.74, 6) is -0.633. The van der Waals surface area contributed by atoms with Crippen molar-refractivity contribution >= 4 is 29.3 Å². The number of amides is 1. The van der Waals surface area contributed by atoms with Crippen LogP contribution in [0, 0.1) is 10.1 Å². The minimum absolute atomic E-state index is 0.0919. The van der Waals surface area contributed by atoms with Crippen LogP contribution in [0.15, 0.2) is 48.5 Å². The molecule has 8 heteroatoms. The highest BCUT2D eigenvalue weighted by Gasteiger charge is 2.14. The maximum absolute atomic E-state index is 11.9. The van der Waals surface area contributed by atoms with Gasteiger partial charge < -0.3 is 15.0 Å². The van der Waals surface area contributed by atoms with E-state index in [1.807, 2.05) is 0 Å². The van der Waals surface area contributed by atoms with Gasteiger partial charge in [0.15, 0.2) is 0 Å². The van der Waals surface area contributed by atoms with Crippen LogP contribution in [0.2, 0.25) is 0 Å². The standard InChI is InChI=1S/C20H21N3O5/c1-22(2)20(25)16-8-4-15(5-9-16)13-21-17-10-6-14(7-11-19(24)28-3)12-18(17)23(26)27/h4-12,21H,13H2,1-3H3/b11-7+. The maximum atomic E-state index is 11.9. The Morgan fingerprint density at radius 1 is 1.18 bits per heavy atom. The summed E-state index contributed by atoms with van der Waals surface area (Å²) in [6.07, 6.45) is 2.64. The zero-order chi connectivity index (χ0) is 20.7. The molecule has 0 spiro atoms. The van der Waals surface area contributed by atoms with Crippen LogP contribution in [0.5, 0.6) is 0 Å². The van der Waals surface area contributed by atoms with E-state index in [1.54, 1.807) is 50.5 Å². The van der Waals surface area contributed by atoms with Crippen molar-refractivity contribution in [1.82, 2.24) is 4.90 Å². The molecule has 2 aromatic carbocycles. The Bertz CT molecular complexity index is 905. The molecule has 8 nitrogen and oxygen atoms in total. The van der Waals surface area contributed by atoms with E-state index in [4.69, 9.17) is 0 Å². The number of carbonyl (C=O) groups is 2. The first kappa shape index (κ1) is 20.6. The molecule has 2 rings (SSSR count). The Morgan fingerprint density at radius 3 is 2.43 bits per heavy atom. The van der Waals surface area contributed by atoms with Crippen molar-refractivity contribution in [2.75, 3.05) is 26.5 Å². The molecule has 0 radical (unpaired) electrons. The number of nitrogens with zero attached hydrogens (tertiary/aromatic N) is 2. The summed E-state index contributed by atoms with van der Waals surface area (Å²) in [5.41, 5.74) is 2.20. The maximum Gasteiger partial charge on any atom is 0.330 e. The number of methoxy groups -OCH3 is 1. The second kappa shape index (κ2) is 9.31. The lowest BCUT2D eigenvalue weighted by Gasteiger charge is -2.11. The number of nitro benzene ring substituents is 1. The highest BCUT2D eigenvalue weighted by molar-refractivity contribution is 5.93. The lowest BCUT2D eigenvalue weighted by atomic mass is 10.1. The van der Waals surface area contributed by atoms with Crippen molar-refractivity contribution in [2.45, 2.75) is 6.54 Å². The number of benzene rings is 2. The first-order valence-corrected chi connectivity index (χ1v) is 8.40. The third kappa shape index (κ3) is 5.41. The van der Waals surface area contributed by atoms with Crippen molar-refractivity contribution < 1.29 is 19.2 Å². The number of hydrogen-bond acceptors (Lipinski definition) is 6. The minimum Gasteiger partial charge on any atom is -0.466 e. The van der Waals surface area contributed by atoms with E-state index in [1.165, 1.54) is 30.2 Å². The van der Waals surface area contributed by atoms with E-state index in [9.17, 15) is 19.7 Å². The van der Waals surface area contributed by atoms with Crippen LogP contribution in [0.3, 0.4) is 0 Å². The molecular weight excluding hydrogens is 362 g/mol. The van der Waals surface area contributed by atoms with Gasteiger partial charge in [-0.2, -0.15) is 0 Å². The zero-order valence-electron chi connectivity index (χ0n) is 15.8. The third-order valence-corrected chi connectivity index (χ3v) is 3.92. The zero-order valence-corrected chi connectivity index (χ0v) is 15.8. The number of nitro groups is 1. The number of rotatable bonds is 7. The molecule has 2 aromatic rings. The van der Waals surface area contributed by atoms with Crippen LogP contribution in [-0.4, -0.2) is 42.9 Å². The van der Waals surface area contributed by atoms with Crippen LogP contribution >= 0.6 is 0 Å². The largest absolute Gasteiger partial charge is 0.466 e.